The summed E-state index contributed by atoms with van der Waals surface area (Å²) in [5, 5.41) is 13.8. The monoisotopic (exact) mass is 493 g/mol. The van der Waals surface area contributed by atoms with Gasteiger partial charge in [-0.1, -0.05) is 18.2 Å². The molecule has 4 rings (SSSR count). The molecule has 160 valence electrons. The number of oxazole rings is 1. The Morgan fingerprint density at radius 1 is 1.19 bits per heavy atom. The van der Waals surface area contributed by atoms with Crippen LogP contribution in [-0.2, 0) is 4.79 Å². The van der Waals surface area contributed by atoms with E-state index < -0.39 is 4.92 Å². The van der Waals surface area contributed by atoms with E-state index in [1.165, 1.54) is 24.3 Å². The van der Waals surface area contributed by atoms with E-state index in [-0.39, 0.29) is 17.5 Å². The van der Waals surface area contributed by atoms with Crippen LogP contribution in [-0.4, -0.2) is 22.9 Å². The first-order valence-corrected chi connectivity index (χ1v) is 10.2. The third-order valence-electron chi connectivity index (χ3n) is 4.60. The van der Waals surface area contributed by atoms with Gasteiger partial charge in [-0.05, 0) is 57.9 Å². The van der Waals surface area contributed by atoms with Crippen molar-refractivity contribution in [1.29, 1.82) is 0 Å². The largest absolute Gasteiger partial charge is 0.496 e. The maximum absolute atomic E-state index is 12.5. The van der Waals surface area contributed by atoms with E-state index >= 15 is 0 Å². The molecule has 0 aliphatic heterocycles. The zero-order valence-corrected chi connectivity index (χ0v) is 18.3. The van der Waals surface area contributed by atoms with Crippen molar-refractivity contribution in [3.63, 3.8) is 0 Å². The smallest absolute Gasteiger partial charge is 0.271 e. The summed E-state index contributed by atoms with van der Waals surface area (Å²) in [5.74, 6) is 0.611. The summed E-state index contributed by atoms with van der Waals surface area (Å²) in [6, 6.07) is 16.7. The minimum absolute atomic E-state index is 0.0748. The Morgan fingerprint density at radius 2 is 2.00 bits per heavy atom. The Labute approximate surface area is 190 Å². The summed E-state index contributed by atoms with van der Waals surface area (Å²) in [5.41, 5.74) is 2.58. The Morgan fingerprint density at radius 3 is 2.75 bits per heavy atom. The van der Waals surface area contributed by atoms with Gasteiger partial charge in [-0.3, -0.25) is 14.9 Å². The number of hydrogen-bond acceptors (Lipinski definition) is 6. The molecule has 4 aromatic rings. The maximum Gasteiger partial charge on any atom is 0.271 e. The molecule has 0 bridgehead atoms. The van der Waals surface area contributed by atoms with Crippen LogP contribution in [0.5, 0.6) is 5.75 Å². The lowest BCUT2D eigenvalue weighted by Crippen LogP contribution is -2.08. The third-order valence-corrected chi connectivity index (χ3v) is 5.22. The number of anilines is 1. The van der Waals surface area contributed by atoms with Gasteiger partial charge in [0.1, 0.15) is 11.3 Å². The summed E-state index contributed by atoms with van der Waals surface area (Å²) < 4.78 is 11.7. The van der Waals surface area contributed by atoms with E-state index in [2.05, 4.69) is 26.2 Å². The van der Waals surface area contributed by atoms with Crippen molar-refractivity contribution >= 4 is 50.4 Å². The van der Waals surface area contributed by atoms with Crippen molar-refractivity contribution in [2.45, 2.75) is 0 Å². The molecule has 8 nitrogen and oxygen atoms in total. The second-order valence-electron chi connectivity index (χ2n) is 6.69. The summed E-state index contributed by atoms with van der Waals surface area (Å²) in [4.78, 5) is 27.4. The molecule has 3 aromatic carbocycles. The van der Waals surface area contributed by atoms with Crippen molar-refractivity contribution in [1.82, 2.24) is 4.98 Å². The van der Waals surface area contributed by atoms with Gasteiger partial charge in [0.15, 0.2) is 5.58 Å². The lowest BCUT2D eigenvalue weighted by Gasteiger charge is -2.07. The molecule has 1 N–H and O–H groups in total. The molecule has 32 heavy (non-hydrogen) atoms. The number of non-ortho nitro benzene ring substituents is 1. The molecule has 0 aliphatic rings. The highest BCUT2D eigenvalue weighted by molar-refractivity contribution is 9.10. The van der Waals surface area contributed by atoms with Gasteiger partial charge >= 0.3 is 0 Å². The number of carbonyl (C=O) groups excluding carboxylic acids is 1. The minimum Gasteiger partial charge on any atom is -0.496 e. The molecular formula is C23H16BrN3O5. The van der Waals surface area contributed by atoms with Gasteiger partial charge in [-0.25, -0.2) is 4.98 Å². The topological polar surface area (TPSA) is 108 Å². The predicted octanol–water partition coefficient (Wildman–Crippen LogP) is 5.83. The number of para-hydroxylation sites is 1. The number of nitro groups is 1. The highest BCUT2D eigenvalue weighted by Gasteiger charge is 2.15. The lowest BCUT2D eigenvalue weighted by atomic mass is 10.1. The number of nitro benzene ring substituents is 1. The van der Waals surface area contributed by atoms with E-state index in [4.69, 9.17) is 9.15 Å². The SMILES string of the molecule is COc1ccc(C=CC(=O)Nc2ccccc2-c2nc3cc([N+](=O)[O-])ccc3o2)cc1Br. The van der Waals surface area contributed by atoms with Crippen molar-refractivity contribution in [3.8, 4) is 17.2 Å². The molecule has 0 atom stereocenters. The first kappa shape index (κ1) is 21.3. The fourth-order valence-electron chi connectivity index (χ4n) is 3.06. The van der Waals surface area contributed by atoms with E-state index in [0.29, 0.717) is 28.1 Å². The molecule has 0 fully saturated rings. The van der Waals surface area contributed by atoms with E-state index in [0.717, 1.165) is 10.0 Å². The third kappa shape index (κ3) is 4.52. The minimum atomic E-state index is -0.490. The standard InChI is InChI=1S/C23H16BrN3O5/c1-31-20-9-6-14(12-17(20)24)7-11-22(28)25-18-5-3-2-4-16(18)23-26-19-13-15(27(29)30)8-10-21(19)32-23/h2-13H,1H3,(H,25,28). The average molecular weight is 494 g/mol. The van der Waals surface area contributed by atoms with Crippen LogP contribution in [0.4, 0.5) is 11.4 Å². The molecule has 0 saturated carbocycles. The number of aromatic nitrogens is 1. The number of rotatable bonds is 6. The number of hydrogen-bond donors (Lipinski definition) is 1. The Kier molecular flexibility index (Phi) is 6.00. The average Bonchev–Trinajstić information content (AvgIpc) is 3.21. The van der Waals surface area contributed by atoms with Crippen LogP contribution in [0.15, 0.2) is 75.6 Å². The highest BCUT2D eigenvalue weighted by Crippen LogP contribution is 2.31. The zero-order valence-electron chi connectivity index (χ0n) is 16.7. The van der Waals surface area contributed by atoms with Gasteiger partial charge in [-0.2, -0.15) is 0 Å². The summed E-state index contributed by atoms with van der Waals surface area (Å²) >= 11 is 3.42. The second kappa shape index (κ2) is 9.03. The number of ether oxygens (including phenoxy) is 1. The van der Waals surface area contributed by atoms with Crippen molar-refractivity contribution in [3.05, 3.63) is 86.9 Å². The zero-order chi connectivity index (χ0) is 22.7. The molecule has 0 saturated heterocycles. The molecule has 0 radical (unpaired) electrons. The van der Waals surface area contributed by atoms with Crippen LogP contribution in [0, 0.1) is 10.1 Å². The number of halogens is 1. The van der Waals surface area contributed by atoms with E-state index in [1.807, 2.05) is 12.1 Å². The molecule has 0 aliphatic carbocycles. The normalized spacial score (nSPS) is 11.1. The number of carbonyl (C=O) groups is 1. The number of fused-ring (bicyclic) bond motifs is 1. The molecule has 1 aromatic heterocycles. The fraction of sp³-hybridized carbons (Fsp3) is 0.0435. The molecule has 0 spiro atoms. The Hall–Kier alpha value is -3.98. The van der Waals surface area contributed by atoms with Crippen LogP contribution in [0.25, 0.3) is 28.6 Å². The Balaban J connectivity index is 1.57. The number of nitrogens with one attached hydrogen (secondary N) is 1. The van der Waals surface area contributed by atoms with Crippen molar-refractivity contribution < 1.29 is 18.9 Å². The van der Waals surface area contributed by atoms with Crippen molar-refractivity contribution in [2.75, 3.05) is 12.4 Å². The molecule has 0 unspecified atom stereocenters. The van der Waals surface area contributed by atoms with Crippen LogP contribution in [0.2, 0.25) is 0 Å². The van der Waals surface area contributed by atoms with Gasteiger partial charge in [-0.15, -0.1) is 0 Å². The van der Waals surface area contributed by atoms with E-state index in [1.54, 1.807) is 43.5 Å². The number of amides is 1. The first-order valence-electron chi connectivity index (χ1n) is 9.41. The molecule has 9 heteroatoms. The molecule has 1 heterocycles. The number of nitrogens with zero attached hydrogens (tertiary/aromatic N) is 2. The lowest BCUT2D eigenvalue weighted by molar-refractivity contribution is -0.384. The number of methoxy groups -OCH3 is 1. The van der Waals surface area contributed by atoms with Gasteiger partial charge in [0, 0.05) is 18.2 Å². The quantitative estimate of drug-likeness (QED) is 0.205. The second-order valence-corrected chi connectivity index (χ2v) is 7.54. The first-order chi connectivity index (χ1) is 15.4. The summed E-state index contributed by atoms with van der Waals surface area (Å²) in [7, 11) is 1.58. The molecule has 1 amide bonds. The maximum atomic E-state index is 12.5. The van der Waals surface area contributed by atoms with Crippen LogP contribution >= 0.6 is 15.9 Å². The van der Waals surface area contributed by atoms with Crippen LogP contribution in [0.1, 0.15) is 5.56 Å². The highest BCUT2D eigenvalue weighted by atomic mass is 79.9. The van der Waals surface area contributed by atoms with E-state index in [9.17, 15) is 14.9 Å². The van der Waals surface area contributed by atoms with Gasteiger partial charge in [0.2, 0.25) is 11.8 Å². The van der Waals surface area contributed by atoms with Gasteiger partial charge in [0.05, 0.1) is 27.8 Å². The van der Waals surface area contributed by atoms with Crippen LogP contribution < -0.4 is 10.1 Å². The van der Waals surface area contributed by atoms with Crippen LogP contribution in [0.3, 0.4) is 0 Å². The Bertz CT molecular complexity index is 1360. The number of benzene rings is 3. The summed E-state index contributed by atoms with van der Waals surface area (Å²) in [6.07, 6.45) is 3.10. The van der Waals surface area contributed by atoms with Crippen molar-refractivity contribution in [2.24, 2.45) is 0 Å². The van der Waals surface area contributed by atoms with Gasteiger partial charge < -0.3 is 14.5 Å². The molecular weight excluding hydrogens is 478 g/mol. The van der Waals surface area contributed by atoms with Gasteiger partial charge in [0.25, 0.3) is 5.69 Å². The summed E-state index contributed by atoms with van der Waals surface area (Å²) in [6.45, 7) is 0. The predicted molar refractivity (Wildman–Crippen MR) is 124 cm³/mol. The fourth-order valence-corrected chi connectivity index (χ4v) is 3.61.